The monoisotopic (exact) mass is 190 g/mol. The van der Waals surface area contributed by atoms with Gasteiger partial charge in [0.25, 0.3) is 0 Å². The van der Waals surface area contributed by atoms with Crippen molar-refractivity contribution in [3.8, 4) is 0 Å². The number of fused-ring (bicyclic) bond motifs is 1. The van der Waals surface area contributed by atoms with E-state index in [0.29, 0.717) is 11.1 Å². The maximum absolute atomic E-state index is 10.7. The highest BCUT2D eigenvalue weighted by Gasteiger charge is 2.34. The normalized spacial score (nSPS) is 13.1. The zero-order valence-electron chi connectivity index (χ0n) is 7.02. The fourth-order valence-corrected chi connectivity index (χ4v) is 1.57. The van der Waals surface area contributed by atoms with Crippen molar-refractivity contribution in [1.29, 1.82) is 0 Å². The van der Waals surface area contributed by atoms with E-state index in [1.807, 2.05) is 0 Å². The first kappa shape index (κ1) is 8.50. The van der Waals surface area contributed by atoms with Crippen LogP contribution in [0.4, 0.5) is 0 Å². The predicted molar refractivity (Wildman–Crippen MR) is 48.5 cm³/mol. The molecule has 2 N–H and O–H groups in total. The summed E-state index contributed by atoms with van der Waals surface area (Å²) in [6.07, 6.45) is 0. The molecule has 4 nitrogen and oxygen atoms in total. The predicted octanol–water partition coefficient (Wildman–Crippen LogP) is 1.08. The molecule has 1 aliphatic rings. The molecule has 0 unspecified atom stereocenters. The molecule has 0 amide bonds. The molecule has 0 spiro atoms. The number of rotatable bonds is 2. The molecule has 0 atom stereocenters. The first-order valence-corrected chi connectivity index (χ1v) is 3.93. The Hall–Kier alpha value is -2.10. The lowest BCUT2D eigenvalue weighted by Gasteiger charge is -2.21. The topological polar surface area (TPSA) is 74.6 Å². The van der Waals surface area contributed by atoms with E-state index in [0.717, 1.165) is 0 Å². The van der Waals surface area contributed by atoms with E-state index < -0.39 is 11.9 Å². The van der Waals surface area contributed by atoms with Crippen LogP contribution in [-0.2, 0) is 9.59 Å². The van der Waals surface area contributed by atoms with Gasteiger partial charge in [-0.2, -0.15) is 0 Å². The molecule has 1 aromatic rings. The highest BCUT2D eigenvalue weighted by atomic mass is 16.4. The highest BCUT2D eigenvalue weighted by molar-refractivity contribution is 6.42. The minimum Gasteiger partial charge on any atom is -0.478 e. The van der Waals surface area contributed by atoms with Crippen LogP contribution in [0.15, 0.2) is 24.3 Å². The average Bonchev–Trinajstić information content (AvgIpc) is 2.05. The van der Waals surface area contributed by atoms with Crippen molar-refractivity contribution in [2.24, 2.45) is 0 Å². The summed E-state index contributed by atoms with van der Waals surface area (Å²) in [6.45, 7) is 0. The second-order valence-electron chi connectivity index (χ2n) is 2.91. The van der Waals surface area contributed by atoms with E-state index in [1.54, 1.807) is 24.3 Å². The van der Waals surface area contributed by atoms with Crippen LogP contribution in [0, 0.1) is 0 Å². The number of hydrogen-bond donors (Lipinski definition) is 2. The summed E-state index contributed by atoms with van der Waals surface area (Å²) in [4.78, 5) is 21.5. The molecule has 1 aromatic carbocycles. The summed E-state index contributed by atoms with van der Waals surface area (Å²) in [5, 5.41) is 17.6. The SMILES string of the molecule is O=C(O)C1=C(C(=O)O)c2ccccc21. The third-order valence-electron chi connectivity index (χ3n) is 2.14. The molecule has 0 saturated carbocycles. The second-order valence-corrected chi connectivity index (χ2v) is 2.91. The third-order valence-corrected chi connectivity index (χ3v) is 2.14. The van der Waals surface area contributed by atoms with E-state index in [2.05, 4.69) is 0 Å². The van der Waals surface area contributed by atoms with Crippen molar-refractivity contribution in [2.75, 3.05) is 0 Å². The largest absolute Gasteiger partial charge is 0.478 e. The van der Waals surface area contributed by atoms with Crippen LogP contribution in [-0.4, -0.2) is 22.2 Å². The fourth-order valence-electron chi connectivity index (χ4n) is 1.57. The minimum atomic E-state index is -1.19. The number of carbonyl (C=O) groups is 2. The van der Waals surface area contributed by atoms with Crippen LogP contribution >= 0.6 is 0 Å². The summed E-state index contributed by atoms with van der Waals surface area (Å²) in [7, 11) is 0. The Morgan fingerprint density at radius 3 is 1.50 bits per heavy atom. The third kappa shape index (κ3) is 0.939. The number of carboxylic acid groups (broad SMARTS) is 2. The quantitative estimate of drug-likeness (QED) is 0.731. The lowest BCUT2D eigenvalue weighted by molar-refractivity contribution is -0.132. The molecule has 0 aliphatic heterocycles. The molecule has 0 radical (unpaired) electrons. The van der Waals surface area contributed by atoms with Gasteiger partial charge in [-0.3, -0.25) is 0 Å². The van der Waals surface area contributed by atoms with Crippen molar-refractivity contribution in [2.45, 2.75) is 0 Å². The smallest absolute Gasteiger partial charge is 0.337 e. The number of hydrogen-bond acceptors (Lipinski definition) is 2. The molecule has 0 saturated heterocycles. The van der Waals surface area contributed by atoms with Crippen molar-refractivity contribution in [3.05, 3.63) is 35.4 Å². The molecular weight excluding hydrogens is 184 g/mol. The Morgan fingerprint density at radius 2 is 1.21 bits per heavy atom. The van der Waals surface area contributed by atoms with Gasteiger partial charge in [-0.15, -0.1) is 0 Å². The van der Waals surface area contributed by atoms with Gasteiger partial charge in [0.05, 0.1) is 11.1 Å². The van der Waals surface area contributed by atoms with Gasteiger partial charge in [-0.1, -0.05) is 24.3 Å². The summed E-state index contributed by atoms with van der Waals surface area (Å²) in [5.74, 6) is -2.39. The van der Waals surface area contributed by atoms with Gasteiger partial charge in [-0.05, 0) is 11.1 Å². The first-order chi connectivity index (χ1) is 6.63. The Bertz CT molecular complexity index is 428. The van der Waals surface area contributed by atoms with Crippen molar-refractivity contribution < 1.29 is 19.8 Å². The molecule has 14 heavy (non-hydrogen) atoms. The summed E-state index contributed by atoms with van der Waals surface area (Å²) in [6, 6.07) is 6.57. The zero-order valence-corrected chi connectivity index (χ0v) is 7.02. The van der Waals surface area contributed by atoms with E-state index in [9.17, 15) is 9.59 Å². The molecule has 2 rings (SSSR count). The molecular formula is C10H6O4. The fraction of sp³-hybridized carbons (Fsp3) is 0. The van der Waals surface area contributed by atoms with Crippen LogP contribution in [0.5, 0.6) is 0 Å². The molecule has 4 heteroatoms. The van der Waals surface area contributed by atoms with Crippen LogP contribution in [0.25, 0.3) is 11.1 Å². The van der Waals surface area contributed by atoms with E-state index in [-0.39, 0.29) is 11.1 Å². The molecule has 0 aromatic heterocycles. The summed E-state index contributed by atoms with van der Waals surface area (Å²) < 4.78 is 0. The Morgan fingerprint density at radius 1 is 0.857 bits per heavy atom. The summed E-state index contributed by atoms with van der Waals surface area (Å²) >= 11 is 0. The maximum Gasteiger partial charge on any atom is 0.337 e. The number of carboxylic acids is 2. The van der Waals surface area contributed by atoms with Gasteiger partial charge in [-0.25, -0.2) is 9.59 Å². The molecule has 1 aliphatic carbocycles. The first-order valence-electron chi connectivity index (χ1n) is 3.93. The molecule has 0 fully saturated rings. The van der Waals surface area contributed by atoms with Crippen LogP contribution < -0.4 is 0 Å². The lowest BCUT2D eigenvalue weighted by atomic mass is 9.80. The van der Waals surface area contributed by atoms with Gasteiger partial charge in [0, 0.05) is 0 Å². The highest BCUT2D eigenvalue weighted by Crippen LogP contribution is 2.40. The molecule has 0 bridgehead atoms. The van der Waals surface area contributed by atoms with Crippen LogP contribution in [0.2, 0.25) is 0 Å². The zero-order chi connectivity index (χ0) is 10.3. The molecule has 70 valence electrons. The summed E-state index contributed by atoms with van der Waals surface area (Å²) in [5.41, 5.74) is 0.788. The Kier molecular flexibility index (Phi) is 1.64. The van der Waals surface area contributed by atoms with Crippen LogP contribution in [0.3, 0.4) is 0 Å². The Labute approximate surface area is 79.1 Å². The van der Waals surface area contributed by atoms with Gasteiger partial charge in [0.1, 0.15) is 0 Å². The van der Waals surface area contributed by atoms with Crippen molar-refractivity contribution >= 4 is 23.1 Å². The van der Waals surface area contributed by atoms with Gasteiger partial charge < -0.3 is 10.2 Å². The standard InChI is InChI=1S/C10H6O4/c11-9(12)7-5-3-1-2-4-6(5)8(7)10(13)14/h1-4H,(H,11,12)(H,13,14). The van der Waals surface area contributed by atoms with Crippen LogP contribution in [0.1, 0.15) is 11.1 Å². The van der Waals surface area contributed by atoms with Gasteiger partial charge >= 0.3 is 11.9 Å². The lowest BCUT2D eigenvalue weighted by Crippen LogP contribution is -2.19. The maximum atomic E-state index is 10.7. The van der Waals surface area contributed by atoms with Gasteiger partial charge in [0.15, 0.2) is 0 Å². The van der Waals surface area contributed by atoms with E-state index in [1.165, 1.54) is 0 Å². The number of benzene rings is 1. The average molecular weight is 190 g/mol. The van der Waals surface area contributed by atoms with E-state index >= 15 is 0 Å². The van der Waals surface area contributed by atoms with Crippen molar-refractivity contribution in [3.63, 3.8) is 0 Å². The van der Waals surface area contributed by atoms with Crippen molar-refractivity contribution in [1.82, 2.24) is 0 Å². The minimum absolute atomic E-state index is 0.104. The number of aliphatic carboxylic acids is 2. The molecule has 0 heterocycles. The Balaban J connectivity index is 2.61. The van der Waals surface area contributed by atoms with E-state index in [4.69, 9.17) is 10.2 Å². The van der Waals surface area contributed by atoms with Gasteiger partial charge in [0.2, 0.25) is 0 Å². The second kappa shape index (κ2) is 2.70.